The van der Waals surface area contributed by atoms with Crippen LogP contribution in [-0.4, -0.2) is 64.4 Å². The minimum atomic E-state index is -0.471. The number of aromatic nitrogens is 2. The summed E-state index contributed by atoms with van der Waals surface area (Å²) in [6, 6.07) is 7.58. The average Bonchev–Trinajstić information content (AvgIpc) is 2.80. The van der Waals surface area contributed by atoms with Crippen LogP contribution in [-0.2, 0) is 16.1 Å². The summed E-state index contributed by atoms with van der Waals surface area (Å²) in [6.07, 6.45) is 5.42. The maximum Gasteiger partial charge on any atom is 0.321 e. The highest BCUT2D eigenvalue weighted by molar-refractivity contribution is 8.00. The first-order chi connectivity index (χ1) is 15.6. The molecule has 2 aromatic rings. The molecule has 2 aliphatic rings. The number of carbonyl (C=O) groups excluding carboxylic acids is 2. The van der Waals surface area contributed by atoms with Gasteiger partial charge in [0.1, 0.15) is 10.9 Å². The predicted molar refractivity (Wildman–Crippen MR) is 125 cm³/mol. The molecule has 1 aromatic heterocycles. The third-order valence-corrected chi connectivity index (χ3v) is 7.02. The van der Waals surface area contributed by atoms with E-state index in [1.54, 1.807) is 6.92 Å². The molecule has 3 amide bonds. The van der Waals surface area contributed by atoms with Crippen molar-refractivity contribution < 1.29 is 14.3 Å². The number of benzene rings is 1. The molecular weight excluding hydrogens is 426 g/mol. The Morgan fingerprint density at radius 2 is 1.91 bits per heavy atom. The van der Waals surface area contributed by atoms with E-state index in [0.29, 0.717) is 6.54 Å². The number of amides is 3. The molecule has 0 spiro atoms. The van der Waals surface area contributed by atoms with E-state index in [1.165, 1.54) is 18.2 Å². The van der Waals surface area contributed by atoms with Crippen molar-refractivity contribution in [2.45, 2.75) is 61.9 Å². The van der Waals surface area contributed by atoms with Crippen molar-refractivity contribution in [2.24, 2.45) is 0 Å². The standard InChI is InChI=1S/C23H31N5O3S/c1-16(21(29)27-23(30)24-17-7-3-2-4-8-17)32-22-18-9-5-6-10-19(18)25-20(26-22)15-28-11-13-31-14-12-28/h5-6,9-10,16-17H,2-4,7-8,11-15H2,1H3,(H2,24,27,29,30). The number of thioether (sulfide) groups is 1. The average molecular weight is 458 g/mol. The molecule has 1 unspecified atom stereocenters. The minimum absolute atomic E-state index is 0.160. The van der Waals surface area contributed by atoms with Crippen LogP contribution in [0.15, 0.2) is 29.3 Å². The molecule has 1 saturated carbocycles. The van der Waals surface area contributed by atoms with Gasteiger partial charge in [0.05, 0.1) is 30.5 Å². The van der Waals surface area contributed by atoms with Crippen LogP contribution in [0.4, 0.5) is 4.79 Å². The van der Waals surface area contributed by atoms with Crippen molar-refractivity contribution in [1.29, 1.82) is 0 Å². The number of urea groups is 1. The topological polar surface area (TPSA) is 96.4 Å². The van der Waals surface area contributed by atoms with Gasteiger partial charge in [-0.1, -0.05) is 49.2 Å². The summed E-state index contributed by atoms with van der Waals surface area (Å²) in [6.45, 7) is 5.59. The van der Waals surface area contributed by atoms with E-state index in [-0.39, 0.29) is 11.9 Å². The van der Waals surface area contributed by atoms with Crippen molar-refractivity contribution in [2.75, 3.05) is 26.3 Å². The molecule has 1 saturated heterocycles. The van der Waals surface area contributed by atoms with Crippen molar-refractivity contribution in [3.63, 3.8) is 0 Å². The maximum absolute atomic E-state index is 12.7. The number of nitrogens with one attached hydrogen (secondary N) is 2. The van der Waals surface area contributed by atoms with E-state index < -0.39 is 11.3 Å². The number of hydrogen-bond donors (Lipinski definition) is 2. The lowest BCUT2D eigenvalue weighted by Gasteiger charge is -2.26. The SMILES string of the molecule is CC(Sc1nc(CN2CCOCC2)nc2ccccc12)C(=O)NC(=O)NC1CCCCC1. The number of ether oxygens (including phenoxy) is 1. The molecule has 1 atom stereocenters. The monoisotopic (exact) mass is 457 g/mol. The van der Waals surface area contributed by atoms with E-state index in [2.05, 4.69) is 15.5 Å². The quantitative estimate of drug-likeness (QED) is 0.508. The van der Waals surface area contributed by atoms with Crippen LogP contribution in [0.25, 0.3) is 10.9 Å². The number of hydrogen-bond acceptors (Lipinski definition) is 7. The molecule has 2 N–H and O–H groups in total. The van der Waals surface area contributed by atoms with Gasteiger partial charge in [-0.05, 0) is 25.8 Å². The summed E-state index contributed by atoms with van der Waals surface area (Å²) in [4.78, 5) is 36.7. The van der Waals surface area contributed by atoms with Crippen LogP contribution >= 0.6 is 11.8 Å². The first-order valence-electron chi connectivity index (χ1n) is 11.4. The Labute approximate surface area is 192 Å². The van der Waals surface area contributed by atoms with Gasteiger partial charge in [-0.25, -0.2) is 14.8 Å². The lowest BCUT2D eigenvalue weighted by Crippen LogP contribution is -2.47. The Morgan fingerprint density at radius 3 is 2.69 bits per heavy atom. The van der Waals surface area contributed by atoms with Crippen molar-refractivity contribution in [3.8, 4) is 0 Å². The number of nitrogens with zero attached hydrogens (tertiary/aromatic N) is 3. The summed E-state index contributed by atoms with van der Waals surface area (Å²) in [5, 5.41) is 6.63. The molecule has 32 heavy (non-hydrogen) atoms. The fourth-order valence-corrected chi connectivity index (χ4v) is 5.07. The largest absolute Gasteiger partial charge is 0.379 e. The van der Waals surface area contributed by atoms with Crippen LogP contribution in [0.1, 0.15) is 44.9 Å². The van der Waals surface area contributed by atoms with Crippen molar-refractivity contribution >= 4 is 34.6 Å². The Bertz CT molecular complexity index is 944. The van der Waals surface area contributed by atoms with Gasteiger partial charge in [-0.2, -0.15) is 0 Å². The molecule has 2 fully saturated rings. The molecular formula is C23H31N5O3S. The van der Waals surface area contributed by atoms with Gasteiger partial charge in [0, 0.05) is 24.5 Å². The van der Waals surface area contributed by atoms with E-state index in [0.717, 1.165) is 73.7 Å². The summed E-state index contributed by atoms with van der Waals surface area (Å²) in [5.74, 6) is 0.413. The summed E-state index contributed by atoms with van der Waals surface area (Å²) in [7, 11) is 0. The smallest absolute Gasteiger partial charge is 0.321 e. The molecule has 9 heteroatoms. The lowest BCUT2D eigenvalue weighted by atomic mass is 9.96. The predicted octanol–water partition coefficient (Wildman–Crippen LogP) is 3.10. The second-order valence-electron chi connectivity index (χ2n) is 8.41. The highest BCUT2D eigenvalue weighted by Gasteiger charge is 2.22. The zero-order chi connectivity index (χ0) is 22.3. The number of carbonyl (C=O) groups is 2. The second kappa shape index (κ2) is 11.1. The van der Waals surface area contributed by atoms with Crippen LogP contribution in [0.5, 0.6) is 0 Å². The number of rotatable bonds is 6. The number of morpholine rings is 1. The van der Waals surface area contributed by atoms with Crippen LogP contribution in [0.2, 0.25) is 0 Å². The molecule has 172 valence electrons. The summed E-state index contributed by atoms with van der Waals surface area (Å²) < 4.78 is 5.43. The van der Waals surface area contributed by atoms with Gasteiger partial charge in [-0.15, -0.1) is 0 Å². The zero-order valence-corrected chi connectivity index (χ0v) is 19.3. The van der Waals surface area contributed by atoms with E-state index >= 15 is 0 Å². The van der Waals surface area contributed by atoms with Gasteiger partial charge < -0.3 is 10.1 Å². The lowest BCUT2D eigenvalue weighted by molar-refractivity contribution is -0.119. The first-order valence-corrected chi connectivity index (χ1v) is 12.3. The third-order valence-electron chi connectivity index (χ3n) is 5.92. The minimum Gasteiger partial charge on any atom is -0.379 e. The normalized spacial score (nSPS) is 18.9. The van der Waals surface area contributed by atoms with Crippen LogP contribution < -0.4 is 10.6 Å². The van der Waals surface area contributed by atoms with E-state index in [1.807, 2.05) is 24.3 Å². The first kappa shape index (κ1) is 22.9. The molecule has 1 aliphatic carbocycles. The van der Waals surface area contributed by atoms with E-state index in [4.69, 9.17) is 14.7 Å². The highest BCUT2D eigenvalue weighted by atomic mass is 32.2. The zero-order valence-electron chi connectivity index (χ0n) is 18.5. The second-order valence-corrected chi connectivity index (χ2v) is 9.74. The number of para-hydroxylation sites is 1. The van der Waals surface area contributed by atoms with Gasteiger partial charge >= 0.3 is 6.03 Å². The van der Waals surface area contributed by atoms with Crippen molar-refractivity contribution in [3.05, 3.63) is 30.1 Å². The Morgan fingerprint density at radius 1 is 1.16 bits per heavy atom. The molecule has 1 aromatic carbocycles. The Kier molecular flexibility index (Phi) is 7.94. The molecule has 1 aliphatic heterocycles. The molecule has 4 rings (SSSR count). The Hall–Kier alpha value is -2.23. The number of imide groups is 1. The summed E-state index contributed by atoms with van der Waals surface area (Å²) in [5.41, 5.74) is 0.857. The number of fused-ring (bicyclic) bond motifs is 1. The van der Waals surface area contributed by atoms with Crippen LogP contribution in [0, 0.1) is 0 Å². The maximum atomic E-state index is 12.7. The molecule has 0 bridgehead atoms. The Balaban J connectivity index is 1.42. The third kappa shape index (κ3) is 6.17. The van der Waals surface area contributed by atoms with Crippen molar-refractivity contribution in [1.82, 2.24) is 25.5 Å². The van der Waals surface area contributed by atoms with E-state index in [9.17, 15) is 9.59 Å². The van der Waals surface area contributed by atoms with Gasteiger partial charge in [0.2, 0.25) is 5.91 Å². The van der Waals surface area contributed by atoms with Gasteiger partial charge in [0.15, 0.2) is 0 Å². The summed E-state index contributed by atoms with van der Waals surface area (Å²) >= 11 is 1.36. The molecule has 2 heterocycles. The van der Waals surface area contributed by atoms with Crippen LogP contribution in [0.3, 0.4) is 0 Å². The highest BCUT2D eigenvalue weighted by Crippen LogP contribution is 2.29. The molecule has 0 radical (unpaired) electrons. The van der Waals surface area contributed by atoms with Gasteiger partial charge in [-0.3, -0.25) is 15.0 Å². The fourth-order valence-electron chi connectivity index (χ4n) is 4.12. The fraction of sp³-hybridized carbons (Fsp3) is 0.565. The molecule has 8 nitrogen and oxygen atoms in total. The van der Waals surface area contributed by atoms with Gasteiger partial charge in [0.25, 0.3) is 0 Å².